The first-order valence-electron chi connectivity index (χ1n) is 5.45. The minimum absolute atomic E-state index is 0.750. The van der Waals surface area contributed by atoms with E-state index in [2.05, 4.69) is 0 Å². The van der Waals surface area contributed by atoms with Crippen LogP contribution in [0.5, 0.6) is 0 Å². The Kier molecular flexibility index (Phi) is 4.45. The Morgan fingerprint density at radius 3 is 1.36 bits per heavy atom. The van der Waals surface area contributed by atoms with Crippen LogP contribution < -0.4 is 0 Å². The highest BCUT2D eigenvalue weighted by molar-refractivity contribution is 8.02. The first-order valence-corrected chi connectivity index (χ1v) is 34.3. The van der Waals surface area contributed by atoms with Crippen molar-refractivity contribution in [1.29, 1.82) is 0 Å². The summed E-state index contributed by atoms with van der Waals surface area (Å²) in [5.41, 5.74) is 3.58. The van der Waals surface area contributed by atoms with E-state index in [9.17, 15) is 0 Å². The van der Waals surface area contributed by atoms with Gasteiger partial charge in [0.1, 0.15) is 0 Å². The maximum absolute atomic E-state index is 1.79. The van der Waals surface area contributed by atoms with Gasteiger partial charge >= 0.3 is 0 Å². The molecule has 0 spiro atoms. The van der Waals surface area contributed by atoms with Gasteiger partial charge in [0.25, 0.3) is 0 Å². The molecule has 0 aromatic rings. The highest BCUT2D eigenvalue weighted by Gasteiger charge is 2.28. The van der Waals surface area contributed by atoms with Crippen LogP contribution >= 0.6 is 0 Å². The van der Waals surface area contributed by atoms with Gasteiger partial charge in [0, 0.05) is 0 Å². The monoisotopic (exact) mass is 292 g/mol. The van der Waals surface area contributed by atoms with Crippen molar-refractivity contribution in [3.8, 4) is 0 Å². The second kappa shape index (κ2) is 5.08. The van der Waals surface area contributed by atoms with E-state index in [1.807, 2.05) is 0 Å². The predicted octanol–water partition coefficient (Wildman–Crippen LogP) is -9.01. The lowest BCUT2D eigenvalue weighted by Crippen LogP contribution is -2.47. The van der Waals surface area contributed by atoms with Crippen molar-refractivity contribution in [2.24, 2.45) is 0 Å². The lowest BCUT2D eigenvalue weighted by atomic mass is 10.6. The molecule has 0 unspecified atom stereocenters. The summed E-state index contributed by atoms with van der Waals surface area (Å²) in [4.78, 5) is 0. The van der Waals surface area contributed by atoms with Crippen molar-refractivity contribution >= 4 is 90.1 Å². The normalized spacial score (nSPS) is 43.6. The van der Waals surface area contributed by atoms with Gasteiger partial charge in [-0.2, -0.15) is 0 Å². The van der Waals surface area contributed by atoms with Crippen molar-refractivity contribution in [1.82, 2.24) is 0 Å². The molecule has 2 rings (SSSR count). The van der Waals surface area contributed by atoms with E-state index in [0.29, 0.717) is 0 Å². The van der Waals surface area contributed by atoms with Crippen LogP contribution in [0.15, 0.2) is 0 Å². The van der Waals surface area contributed by atoms with Gasteiger partial charge in [-0.3, -0.25) is 0 Å². The molecule has 11 heavy (non-hydrogen) atoms. The molecule has 0 nitrogen and oxygen atoms in total. The van der Waals surface area contributed by atoms with Crippen molar-refractivity contribution in [2.45, 2.75) is 0 Å². The molecule has 0 bridgehead atoms. The van der Waals surface area contributed by atoms with Crippen LogP contribution in [0, 0.1) is 0 Å². The summed E-state index contributed by atoms with van der Waals surface area (Å²) >= 11 is 0. The van der Waals surface area contributed by atoms with E-state index in [0.717, 1.165) is 79.1 Å². The molecule has 0 aliphatic carbocycles. The lowest BCUT2D eigenvalue weighted by Gasteiger charge is -2.07. The molecule has 0 radical (unpaired) electrons. The van der Waals surface area contributed by atoms with E-state index in [4.69, 9.17) is 0 Å². The Bertz CT molecular complexity index is 98.7. The van der Waals surface area contributed by atoms with E-state index in [-0.39, 0.29) is 0 Å². The molecule has 2 saturated heterocycles. The van der Waals surface area contributed by atoms with Crippen LogP contribution in [0.3, 0.4) is 0 Å². The molecule has 11 heteroatoms. The molecule has 60 valence electrons. The summed E-state index contributed by atoms with van der Waals surface area (Å²) in [7, 11) is 7.58. The Labute approximate surface area is 89.5 Å². The highest BCUT2D eigenvalue weighted by Crippen LogP contribution is 1.88. The molecule has 0 aromatic heterocycles. The van der Waals surface area contributed by atoms with Gasteiger partial charge in [-0.05, 0) is 79.1 Å². The average molecular weight is 293 g/mol. The van der Waals surface area contributed by atoms with Crippen LogP contribution in [0.4, 0.5) is 0 Å². The van der Waals surface area contributed by atoms with Crippen molar-refractivity contribution in [3.63, 3.8) is 0 Å². The van der Waals surface area contributed by atoms with Gasteiger partial charge in [-0.25, -0.2) is 0 Å². The Morgan fingerprint density at radius 1 is 0.636 bits per heavy atom. The molecule has 2 fully saturated rings. The summed E-state index contributed by atoms with van der Waals surface area (Å²) in [6, 6.07) is 0. The van der Waals surface area contributed by atoms with E-state index >= 15 is 0 Å². The standard InChI is InChI=1S/B2H18Si9/c3(1-4-8-9-5-1)2-6-10-11-7-2/h3-11H2. The zero-order valence-electron chi connectivity index (χ0n) is 7.52. The number of hydrogen-bond acceptors (Lipinski definition) is 0. The first-order chi connectivity index (χ1) is 5.45. The third-order valence-corrected chi connectivity index (χ3v) is 113. The molecular formula is H18B2Si9. The van der Waals surface area contributed by atoms with Crippen LogP contribution in [-0.4, -0.2) is 90.1 Å². The van der Waals surface area contributed by atoms with Crippen molar-refractivity contribution < 1.29 is 0 Å². The minimum atomic E-state index is 0.750. The fourth-order valence-electron chi connectivity index (χ4n) is 2.96. The molecule has 2 aliphatic rings. The fraction of sp³-hybridized carbons (Fsp3) is 0. The fourth-order valence-corrected chi connectivity index (χ4v) is 189. The second-order valence-electron chi connectivity index (χ2n) is 4.54. The quantitative estimate of drug-likeness (QED) is 0.444. The topological polar surface area (TPSA) is 0 Å². The smallest absolute Gasteiger partial charge is 0.0426 e. The summed E-state index contributed by atoms with van der Waals surface area (Å²) in [6.07, 6.45) is 0. The first kappa shape index (κ1) is 9.63. The molecule has 2 heterocycles. The van der Waals surface area contributed by atoms with Crippen LogP contribution in [0.2, 0.25) is 0 Å². The third kappa shape index (κ3) is 3.05. The maximum atomic E-state index is 1.79. The molecule has 0 amide bonds. The molecule has 0 atom stereocenters. The summed E-state index contributed by atoms with van der Waals surface area (Å²) < 4.78 is 0. The largest absolute Gasteiger partial charge is 0.0901 e. The van der Waals surface area contributed by atoms with Crippen molar-refractivity contribution in [2.75, 3.05) is 0 Å². The third-order valence-electron chi connectivity index (χ3n) is 3.62. The minimum Gasteiger partial charge on any atom is -0.0426 e. The molecule has 0 aromatic carbocycles. The van der Waals surface area contributed by atoms with Gasteiger partial charge in [0.2, 0.25) is 0 Å². The highest BCUT2D eigenvalue weighted by atomic mass is 29.7. The molecular weight excluding hydrogens is 274 g/mol. The van der Waals surface area contributed by atoms with Gasteiger partial charge in [0.05, 0.1) is 11.0 Å². The number of rotatable bonds is 2. The van der Waals surface area contributed by atoms with Crippen LogP contribution in [0.1, 0.15) is 0 Å². The molecule has 0 N–H and O–H groups in total. The Morgan fingerprint density at radius 2 is 1.00 bits per heavy atom. The van der Waals surface area contributed by atoms with Gasteiger partial charge < -0.3 is 0 Å². The summed E-state index contributed by atoms with van der Waals surface area (Å²) in [6.45, 7) is 0. The van der Waals surface area contributed by atoms with Crippen LogP contribution in [-0.2, 0) is 0 Å². The van der Waals surface area contributed by atoms with E-state index < -0.39 is 0 Å². The van der Waals surface area contributed by atoms with E-state index in [1.165, 1.54) is 0 Å². The number of hydrogen-bond donors (Lipinski definition) is 0. The maximum Gasteiger partial charge on any atom is 0.0901 e. The lowest BCUT2D eigenvalue weighted by molar-refractivity contribution is 3.67. The summed E-state index contributed by atoms with van der Waals surface area (Å²) in [5, 5.41) is 0. The zero-order chi connectivity index (χ0) is 7.52. The predicted molar refractivity (Wildman–Crippen MR) is 88.4 cm³/mol. The average Bonchev–Trinajstić information content (AvgIpc) is 2.60. The SMILES string of the molecule is [SiH2]1[SiH2][SiH2]B([SiH2]B2[SiH2][SiH2][SiH2][SiH2]2)[SiH2]1. The van der Waals surface area contributed by atoms with Gasteiger partial charge in [-0.1, -0.05) is 0 Å². The Balaban J connectivity index is 1.71. The van der Waals surface area contributed by atoms with E-state index in [1.54, 1.807) is 11.0 Å². The summed E-state index contributed by atoms with van der Waals surface area (Å²) in [5.74, 6) is 0. The second-order valence-corrected chi connectivity index (χ2v) is 64.9. The molecule has 2 aliphatic heterocycles. The zero-order valence-corrected chi connectivity index (χ0v) is 20.2. The van der Waals surface area contributed by atoms with Crippen molar-refractivity contribution in [3.05, 3.63) is 0 Å². The van der Waals surface area contributed by atoms with Gasteiger partial charge in [-0.15, -0.1) is 0 Å². The molecule has 0 saturated carbocycles. The Hall–Kier alpha value is 2.08. The van der Waals surface area contributed by atoms with Crippen LogP contribution in [0.25, 0.3) is 0 Å². The van der Waals surface area contributed by atoms with Gasteiger partial charge in [0.15, 0.2) is 0 Å².